The highest BCUT2D eigenvalue weighted by molar-refractivity contribution is 6.30. The number of nitrogens with zero attached hydrogens (tertiary/aromatic N) is 2. The van der Waals surface area contributed by atoms with E-state index in [9.17, 15) is 13.2 Å². The van der Waals surface area contributed by atoms with Gasteiger partial charge < -0.3 is 10.6 Å². The molecule has 1 heterocycles. The van der Waals surface area contributed by atoms with E-state index in [4.69, 9.17) is 11.6 Å². The predicted octanol–water partition coefficient (Wildman–Crippen LogP) is 5.61. The van der Waals surface area contributed by atoms with Crippen LogP contribution in [-0.4, -0.2) is 16.5 Å². The fourth-order valence-corrected chi connectivity index (χ4v) is 3.01. The minimum atomic E-state index is -4.57. The SMILES string of the molecule is FC(F)(F)c1nc(Nc2cccc(Cl)c2)ncc1CNCCCc1ccccc1. The smallest absolute Gasteiger partial charge is 0.324 e. The molecule has 0 amide bonds. The van der Waals surface area contributed by atoms with E-state index < -0.39 is 11.9 Å². The maximum atomic E-state index is 13.5. The Kier molecular flexibility index (Phi) is 7.06. The largest absolute Gasteiger partial charge is 0.433 e. The van der Waals surface area contributed by atoms with Gasteiger partial charge in [-0.15, -0.1) is 0 Å². The number of nitrogens with one attached hydrogen (secondary N) is 2. The van der Waals surface area contributed by atoms with Crippen molar-refractivity contribution in [2.45, 2.75) is 25.6 Å². The fourth-order valence-electron chi connectivity index (χ4n) is 2.82. The van der Waals surface area contributed by atoms with E-state index in [1.807, 2.05) is 30.3 Å². The summed E-state index contributed by atoms with van der Waals surface area (Å²) in [6, 6.07) is 16.5. The van der Waals surface area contributed by atoms with Crippen LogP contribution in [0.5, 0.6) is 0 Å². The minimum absolute atomic E-state index is 0.00820. The van der Waals surface area contributed by atoms with Gasteiger partial charge in [-0.05, 0) is 43.1 Å². The number of alkyl halides is 3. The molecule has 0 aliphatic heterocycles. The summed E-state index contributed by atoms with van der Waals surface area (Å²) in [4.78, 5) is 7.70. The average Bonchev–Trinajstić information content (AvgIpc) is 2.69. The molecule has 0 spiro atoms. The Morgan fingerprint density at radius 3 is 2.52 bits per heavy atom. The van der Waals surface area contributed by atoms with Crippen LogP contribution in [0, 0.1) is 0 Å². The third-order valence-electron chi connectivity index (χ3n) is 4.19. The van der Waals surface area contributed by atoms with Crippen molar-refractivity contribution in [3.05, 3.63) is 82.6 Å². The van der Waals surface area contributed by atoms with Gasteiger partial charge in [0, 0.05) is 29.0 Å². The second-order valence-corrected chi connectivity index (χ2v) is 6.90. The van der Waals surface area contributed by atoms with Crippen LogP contribution >= 0.6 is 11.6 Å². The number of hydrogen-bond acceptors (Lipinski definition) is 4. The lowest BCUT2D eigenvalue weighted by Gasteiger charge is -2.14. The van der Waals surface area contributed by atoms with E-state index in [1.54, 1.807) is 24.3 Å². The molecule has 29 heavy (non-hydrogen) atoms. The molecule has 0 unspecified atom stereocenters. The summed E-state index contributed by atoms with van der Waals surface area (Å²) in [7, 11) is 0. The van der Waals surface area contributed by atoms with Crippen molar-refractivity contribution in [2.24, 2.45) is 0 Å². The maximum Gasteiger partial charge on any atom is 0.433 e. The Bertz CT molecular complexity index is 933. The molecule has 0 fully saturated rings. The van der Waals surface area contributed by atoms with Crippen molar-refractivity contribution in [1.82, 2.24) is 15.3 Å². The Labute approximate surface area is 172 Å². The summed E-state index contributed by atoms with van der Waals surface area (Å²) >= 11 is 5.89. The molecule has 2 aromatic carbocycles. The highest BCUT2D eigenvalue weighted by Crippen LogP contribution is 2.31. The molecular formula is C21H20ClF3N4. The highest BCUT2D eigenvalue weighted by Gasteiger charge is 2.36. The molecule has 3 rings (SSSR count). The summed E-state index contributed by atoms with van der Waals surface area (Å²) in [5.41, 5.74) is 0.768. The minimum Gasteiger partial charge on any atom is -0.324 e. The standard InChI is InChI=1S/C21H20ClF3N4/c22-17-9-4-10-18(12-17)28-20-27-14-16(19(29-20)21(23,24)25)13-26-11-5-8-15-6-2-1-3-7-15/h1-4,6-7,9-10,12,14,26H,5,8,11,13H2,(H,27,28,29). The van der Waals surface area contributed by atoms with Crippen molar-refractivity contribution in [3.63, 3.8) is 0 Å². The molecule has 0 aliphatic rings. The lowest BCUT2D eigenvalue weighted by molar-refractivity contribution is -0.141. The van der Waals surface area contributed by atoms with Gasteiger partial charge in [0.05, 0.1) is 0 Å². The van der Waals surface area contributed by atoms with Crippen LogP contribution in [0.2, 0.25) is 5.02 Å². The van der Waals surface area contributed by atoms with Gasteiger partial charge in [-0.3, -0.25) is 0 Å². The molecule has 0 saturated heterocycles. The third kappa shape index (κ3) is 6.44. The van der Waals surface area contributed by atoms with Crippen molar-refractivity contribution in [1.29, 1.82) is 0 Å². The van der Waals surface area contributed by atoms with Gasteiger partial charge in [-0.25, -0.2) is 9.97 Å². The molecule has 3 aromatic rings. The number of halogens is 4. The van der Waals surface area contributed by atoms with E-state index in [2.05, 4.69) is 20.6 Å². The monoisotopic (exact) mass is 420 g/mol. The lowest BCUT2D eigenvalue weighted by atomic mass is 10.1. The summed E-state index contributed by atoms with van der Waals surface area (Å²) in [5, 5.41) is 6.26. The molecule has 0 bridgehead atoms. The second-order valence-electron chi connectivity index (χ2n) is 6.47. The van der Waals surface area contributed by atoms with Gasteiger partial charge >= 0.3 is 6.18 Å². The number of benzene rings is 2. The van der Waals surface area contributed by atoms with Crippen molar-refractivity contribution < 1.29 is 13.2 Å². The Morgan fingerprint density at radius 1 is 1.00 bits per heavy atom. The number of rotatable bonds is 8. The molecule has 0 atom stereocenters. The number of anilines is 2. The van der Waals surface area contributed by atoms with E-state index in [0.29, 0.717) is 17.3 Å². The molecule has 0 aliphatic carbocycles. The fraction of sp³-hybridized carbons (Fsp3) is 0.238. The van der Waals surface area contributed by atoms with Crippen LogP contribution in [0.15, 0.2) is 60.8 Å². The molecule has 4 nitrogen and oxygen atoms in total. The van der Waals surface area contributed by atoms with Gasteiger partial charge in [-0.2, -0.15) is 13.2 Å². The first-order chi connectivity index (χ1) is 13.9. The maximum absolute atomic E-state index is 13.5. The zero-order chi connectivity index (χ0) is 20.7. The summed E-state index contributed by atoms with van der Waals surface area (Å²) < 4.78 is 40.4. The first-order valence-electron chi connectivity index (χ1n) is 9.12. The Morgan fingerprint density at radius 2 is 1.79 bits per heavy atom. The zero-order valence-corrected chi connectivity index (χ0v) is 16.3. The number of aromatic nitrogens is 2. The van der Waals surface area contributed by atoms with Crippen molar-refractivity contribution >= 4 is 23.2 Å². The Balaban J connectivity index is 1.62. The van der Waals surface area contributed by atoms with E-state index in [-0.39, 0.29) is 18.1 Å². The van der Waals surface area contributed by atoms with Crippen LogP contribution in [0.3, 0.4) is 0 Å². The summed E-state index contributed by atoms with van der Waals surface area (Å²) in [6.45, 7) is 0.635. The third-order valence-corrected chi connectivity index (χ3v) is 4.43. The van der Waals surface area contributed by atoms with Crippen LogP contribution in [-0.2, 0) is 19.1 Å². The van der Waals surface area contributed by atoms with Crippen LogP contribution in [0.4, 0.5) is 24.8 Å². The van der Waals surface area contributed by atoms with Crippen LogP contribution < -0.4 is 10.6 Å². The van der Waals surface area contributed by atoms with Gasteiger partial charge in [0.15, 0.2) is 5.69 Å². The van der Waals surface area contributed by atoms with Crippen molar-refractivity contribution in [2.75, 3.05) is 11.9 Å². The quantitative estimate of drug-likeness (QED) is 0.465. The zero-order valence-electron chi connectivity index (χ0n) is 15.5. The molecule has 152 valence electrons. The lowest BCUT2D eigenvalue weighted by Crippen LogP contribution is -2.21. The van der Waals surface area contributed by atoms with Crippen LogP contribution in [0.1, 0.15) is 23.2 Å². The first kappa shape index (κ1) is 21.1. The number of hydrogen-bond donors (Lipinski definition) is 2. The molecule has 0 radical (unpaired) electrons. The predicted molar refractivity (Wildman–Crippen MR) is 108 cm³/mol. The average molecular weight is 421 g/mol. The van der Waals surface area contributed by atoms with Gasteiger partial charge in [0.2, 0.25) is 5.95 Å². The second kappa shape index (κ2) is 9.71. The van der Waals surface area contributed by atoms with Gasteiger partial charge in [0.25, 0.3) is 0 Å². The van der Waals surface area contributed by atoms with Crippen LogP contribution in [0.25, 0.3) is 0 Å². The summed E-state index contributed by atoms with van der Waals surface area (Å²) in [5.74, 6) is -0.132. The molecular weight excluding hydrogens is 401 g/mol. The molecule has 0 saturated carbocycles. The number of aryl methyl sites for hydroxylation is 1. The van der Waals surface area contributed by atoms with Gasteiger partial charge in [-0.1, -0.05) is 48.0 Å². The molecule has 8 heteroatoms. The summed E-state index contributed by atoms with van der Waals surface area (Å²) in [6.07, 6.45) is -1.69. The highest BCUT2D eigenvalue weighted by atomic mass is 35.5. The normalized spacial score (nSPS) is 11.4. The Hall–Kier alpha value is -2.64. The van der Waals surface area contributed by atoms with E-state index >= 15 is 0 Å². The van der Waals surface area contributed by atoms with Crippen molar-refractivity contribution in [3.8, 4) is 0 Å². The van der Waals surface area contributed by atoms with E-state index in [0.717, 1.165) is 12.8 Å². The molecule has 1 aromatic heterocycles. The van der Waals surface area contributed by atoms with E-state index in [1.165, 1.54) is 11.8 Å². The van der Waals surface area contributed by atoms with Gasteiger partial charge in [0.1, 0.15) is 0 Å². The first-order valence-corrected chi connectivity index (χ1v) is 9.50. The molecule has 2 N–H and O–H groups in total. The topological polar surface area (TPSA) is 49.8 Å².